The van der Waals surface area contributed by atoms with E-state index in [9.17, 15) is 0 Å². The van der Waals surface area contributed by atoms with Gasteiger partial charge in [-0.3, -0.25) is 0 Å². The largest absolute Gasteiger partial charge is 0.0740 e. The van der Waals surface area contributed by atoms with Crippen LogP contribution in [0.1, 0.15) is 47.0 Å². The van der Waals surface area contributed by atoms with E-state index in [0.29, 0.717) is 11.2 Å². The van der Waals surface area contributed by atoms with E-state index in [1.807, 2.05) is 0 Å². The van der Waals surface area contributed by atoms with Gasteiger partial charge in [0, 0.05) is 0 Å². The second-order valence-corrected chi connectivity index (χ2v) is 6.55. The Balaban J connectivity index is 2.07. The van der Waals surface area contributed by atoms with Crippen molar-refractivity contribution in [1.82, 2.24) is 0 Å². The van der Waals surface area contributed by atoms with Crippen LogP contribution < -0.4 is 0 Å². The molecule has 3 saturated carbocycles. The van der Waals surface area contributed by atoms with Gasteiger partial charge in [0.05, 0.1) is 7.85 Å². The fraction of sp³-hybridized carbons (Fsp3) is 1.00. The highest BCUT2D eigenvalue weighted by Gasteiger charge is 2.55. The summed E-state index contributed by atoms with van der Waals surface area (Å²) in [6.45, 7) is 9.55. The summed E-state index contributed by atoms with van der Waals surface area (Å²) in [5.41, 5.74) is 0.593. The van der Waals surface area contributed by atoms with Crippen molar-refractivity contribution < 1.29 is 0 Å². The lowest BCUT2D eigenvalue weighted by molar-refractivity contribution is -0.108. The Hall–Kier alpha value is 0.0649. The van der Waals surface area contributed by atoms with Crippen LogP contribution in [0.2, 0.25) is 5.82 Å². The lowest BCUT2D eigenvalue weighted by Gasteiger charge is -2.63. The summed E-state index contributed by atoms with van der Waals surface area (Å²) in [5.74, 6) is 3.94. The first-order chi connectivity index (χ1) is 6.43. The Kier molecular flexibility index (Phi) is 2.48. The highest BCUT2D eigenvalue weighted by Crippen LogP contribution is 2.65. The molecule has 0 nitrogen and oxygen atoms in total. The Morgan fingerprint density at radius 1 is 1.29 bits per heavy atom. The minimum absolute atomic E-state index is 0.495. The van der Waals surface area contributed by atoms with Gasteiger partial charge in [0.1, 0.15) is 0 Å². The molecule has 4 atom stereocenters. The monoisotopic (exact) mass is 190 g/mol. The van der Waals surface area contributed by atoms with E-state index in [1.54, 1.807) is 0 Å². The zero-order valence-electron chi connectivity index (χ0n) is 10.1. The van der Waals surface area contributed by atoms with Gasteiger partial charge in [0.2, 0.25) is 0 Å². The molecule has 14 heavy (non-hydrogen) atoms. The van der Waals surface area contributed by atoms with Crippen molar-refractivity contribution in [3.63, 3.8) is 0 Å². The van der Waals surface area contributed by atoms with Crippen molar-refractivity contribution in [2.45, 2.75) is 52.8 Å². The topological polar surface area (TPSA) is 0 Å². The van der Waals surface area contributed by atoms with Crippen LogP contribution in [0.25, 0.3) is 0 Å². The SMILES string of the molecule is [B][C@@H]1C[C@@H]2C[C@H]([C@H]1CC(C)C)C2(C)C. The van der Waals surface area contributed by atoms with Gasteiger partial charge in [0.25, 0.3) is 0 Å². The van der Waals surface area contributed by atoms with Crippen LogP contribution in [0.15, 0.2) is 0 Å². The third-order valence-electron chi connectivity index (χ3n) is 4.91. The Bertz CT molecular complexity index is 219. The fourth-order valence-corrected chi connectivity index (χ4v) is 3.87. The molecule has 0 spiro atoms. The molecular formula is C13H23B. The molecule has 0 N–H and O–H groups in total. The van der Waals surface area contributed by atoms with Crippen LogP contribution in [0.5, 0.6) is 0 Å². The molecule has 0 aromatic carbocycles. The van der Waals surface area contributed by atoms with Crippen molar-refractivity contribution in [3.8, 4) is 0 Å². The zero-order valence-corrected chi connectivity index (χ0v) is 10.1. The highest BCUT2D eigenvalue weighted by molar-refractivity contribution is 6.12. The normalized spacial score (nSPS) is 44.9. The van der Waals surface area contributed by atoms with Gasteiger partial charge in [0.15, 0.2) is 0 Å². The summed E-state index contributed by atoms with van der Waals surface area (Å²) in [5, 5.41) is 0. The maximum atomic E-state index is 6.27. The predicted molar refractivity (Wildman–Crippen MR) is 62.4 cm³/mol. The van der Waals surface area contributed by atoms with E-state index in [-0.39, 0.29) is 0 Å². The molecule has 0 unspecified atom stereocenters. The molecule has 3 aliphatic rings. The van der Waals surface area contributed by atoms with Gasteiger partial charge in [-0.15, -0.1) is 0 Å². The summed E-state index contributed by atoms with van der Waals surface area (Å²) in [6, 6.07) is 0. The molecule has 0 aromatic heterocycles. The molecule has 0 heterocycles. The maximum Gasteiger partial charge on any atom is 0.0703 e. The first-order valence-corrected chi connectivity index (χ1v) is 6.18. The molecule has 3 aliphatic carbocycles. The Morgan fingerprint density at radius 3 is 2.43 bits per heavy atom. The van der Waals surface area contributed by atoms with Crippen LogP contribution in [0.4, 0.5) is 0 Å². The van der Waals surface area contributed by atoms with Crippen LogP contribution in [0, 0.1) is 29.1 Å². The van der Waals surface area contributed by atoms with Crippen molar-refractivity contribution in [1.29, 1.82) is 0 Å². The first kappa shape index (κ1) is 10.6. The molecule has 0 saturated heterocycles. The second kappa shape index (κ2) is 3.28. The minimum Gasteiger partial charge on any atom is -0.0740 e. The van der Waals surface area contributed by atoms with E-state index in [2.05, 4.69) is 27.7 Å². The smallest absolute Gasteiger partial charge is 0.0703 e. The van der Waals surface area contributed by atoms with Gasteiger partial charge in [-0.1, -0.05) is 39.9 Å². The van der Waals surface area contributed by atoms with Crippen molar-refractivity contribution >= 4 is 7.85 Å². The molecule has 2 radical (unpaired) electrons. The Morgan fingerprint density at radius 2 is 1.93 bits per heavy atom. The average molecular weight is 190 g/mol. The van der Waals surface area contributed by atoms with Gasteiger partial charge in [-0.05, 0) is 41.9 Å². The highest BCUT2D eigenvalue weighted by atomic mass is 14.6. The number of rotatable bonds is 2. The van der Waals surface area contributed by atoms with Gasteiger partial charge < -0.3 is 0 Å². The summed E-state index contributed by atoms with van der Waals surface area (Å²) >= 11 is 0. The van der Waals surface area contributed by atoms with Gasteiger partial charge >= 0.3 is 0 Å². The molecule has 2 bridgehead atoms. The van der Waals surface area contributed by atoms with Gasteiger partial charge in [-0.2, -0.15) is 0 Å². The molecule has 0 aromatic rings. The zero-order chi connectivity index (χ0) is 10.5. The molecule has 1 heteroatoms. The lowest BCUT2D eigenvalue weighted by Crippen LogP contribution is -2.54. The van der Waals surface area contributed by atoms with E-state index in [4.69, 9.17) is 7.85 Å². The van der Waals surface area contributed by atoms with Crippen molar-refractivity contribution in [3.05, 3.63) is 0 Å². The standard InChI is InChI=1S/C13H23B/c1-8(2)5-10-11-6-9(7-12(10)14)13(11,3)4/h8-12H,5-7H2,1-4H3/t9-,10+,11+,12+/m0/s1. The quantitative estimate of drug-likeness (QED) is 0.582. The van der Waals surface area contributed by atoms with E-state index in [0.717, 1.165) is 23.7 Å². The van der Waals surface area contributed by atoms with Crippen LogP contribution in [0.3, 0.4) is 0 Å². The minimum atomic E-state index is 0.495. The van der Waals surface area contributed by atoms with Crippen LogP contribution >= 0.6 is 0 Å². The van der Waals surface area contributed by atoms with Gasteiger partial charge in [-0.25, -0.2) is 0 Å². The predicted octanol–water partition coefficient (Wildman–Crippen LogP) is 3.67. The molecular weight excluding hydrogens is 167 g/mol. The van der Waals surface area contributed by atoms with E-state index >= 15 is 0 Å². The summed E-state index contributed by atoms with van der Waals surface area (Å²) in [4.78, 5) is 0. The number of fused-ring (bicyclic) bond motifs is 2. The fourth-order valence-electron chi connectivity index (χ4n) is 3.87. The molecule has 0 aliphatic heterocycles. The average Bonchev–Trinajstić information content (AvgIpc) is 2.06. The number of hydrogen-bond acceptors (Lipinski definition) is 0. The van der Waals surface area contributed by atoms with Crippen molar-refractivity contribution in [2.24, 2.45) is 29.1 Å². The Labute approximate surface area is 90.3 Å². The first-order valence-electron chi connectivity index (χ1n) is 6.18. The third kappa shape index (κ3) is 1.44. The van der Waals surface area contributed by atoms with Crippen LogP contribution in [-0.2, 0) is 0 Å². The lowest BCUT2D eigenvalue weighted by atomic mass is 9.40. The molecule has 0 amide bonds. The second-order valence-electron chi connectivity index (χ2n) is 6.55. The number of hydrogen-bond donors (Lipinski definition) is 0. The summed E-state index contributed by atoms with van der Waals surface area (Å²) in [7, 11) is 6.27. The molecule has 78 valence electrons. The van der Waals surface area contributed by atoms with E-state index in [1.165, 1.54) is 19.3 Å². The molecule has 3 rings (SSSR count). The van der Waals surface area contributed by atoms with E-state index < -0.39 is 0 Å². The summed E-state index contributed by atoms with van der Waals surface area (Å²) in [6.07, 6.45) is 4.07. The summed E-state index contributed by atoms with van der Waals surface area (Å²) < 4.78 is 0. The van der Waals surface area contributed by atoms with Crippen LogP contribution in [-0.4, -0.2) is 7.85 Å². The molecule has 3 fully saturated rings. The maximum absolute atomic E-state index is 6.27. The van der Waals surface area contributed by atoms with Crippen molar-refractivity contribution in [2.75, 3.05) is 0 Å². The third-order valence-corrected chi connectivity index (χ3v) is 4.91.